The maximum absolute atomic E-state index is 13.3. The van der Waals surface area contributed by atoms with Crippen molar-refractivity contribution in [3.05, 3.63) is 47.9 Å². The van der Waals surface area contributed by atoms with Crippen LogP contribution in [0.2, 0.25) is 0 Å². The van der Waals surface area contributed by atoms with E-state index in [2.05, 4.69) is 10.2 Å². The van der Waals surface area contributed by atoms with Gasteiger partial charge in [-0.1, -0.05) is 19.3 Å². The van der Waals surface area contributed by atoms with Crippen molar-refractivity contribution in [2.45, 2.75) is 57.5 Å². The van der Waals surface area contributed by atoms with E-state index in [4.69, 9.17) is 4.42 Å². The van der Waals surface area contributed by atoms with Crippen molar-refractivity contribution in [3.8, 4) is 0 Å². The molecule has 2 aromatic rings. The lowest BCUT2D eigenvalue weighted by molar-refractivity contribution is -0.117. The van der Waals surface area contributed by atoms with E-state index < -0.39 is 0 Å². The molecule has 2 aliphatic carbocycles. The van der Waals surface area contributed by atoms with Crippen molar-refractivity contribution in [3.63, 3.8) is 0 Å². The average Bonchev–Trinajstić information content (AvgIpc) is 3.46. The van der Waals surface area contributed by atoms with Gasteiger partial charge in [0.05, 0.1) is 6.26 Å². The predicted molar refractivity (Wildman–Crippen MR) is 118 cm³/mol. The van der Waals surface area contributed by atoms with Gasteiger partial charge in [0.15, 0.2) is 5.76 Å². The molecular formula is C24H31N3O3. The van der Waals surface area contributed by atoms with Crippen LogP contribution in [0.5, 0.6) is 0 Å². The Kier molecular flexibility index (Phi) is 6.11. The fourth-order valence-corrected chi connectivity index (χ4v) is 4.30. The van der Waals surface area contributed by atoms with E-state index in [1.807, 2.05) is 37.2 Å². The van der Waals surface area contributed by atoms with E-state index in [0.717, 1.165) is 55.5 Å². The average molecular weight is 410 g/mol. The van der Waals surface area contributed by atoms with E-state index in [9.17, 15) is 9.59 Å². The van der Waals surface area contributed by atoms with Crippen molar-refractivity contribution < 1.29 is 14.0 Å². The van der Waals surface area contributed by atoms with Gasteiger partial charge in [-0.3, -0.25) is 9.59 Å². The Morgan fingerprint density at radius 3 is 2.47 bits per heavy atom. The molecule has 2 amide bonds. The Balaban J connectivity index is 1.62. The van der Waals surface area contributed by atoms with Gasteiger partial charge in [0, 0.05) is 44.0 Å². The van der Waals surface area contributed by atoms with Gasteiger partial charge < -0.3 is 19.5 Å². The topological polar surface area (TPSA) is 65.8 Å². The van der Waals surface area contributed by atoms with Crippen LogP contribution in [0.3, 0.4) is 0 Å². The van der Waals surface area contributed by atoms with Gasteiger partial charge in [-0.2, -0.15) is 0 Å². The number of furan rings is 1. The molecule has 6 nitrogen and oxygen atoms in total. The second-order valence-electron chi connectivity index (χ2n) is 8.70. The summed E-state index contributed by atoms with van der Waals surface area (Å²) >= 11 is 0. The van der Waals surface area contributed by atoms with Crippen LogP contribution < -0.4 is 10.2 Å². The molecule has 0 atom stereocenters. The number of amides is 2. The molecule has 0 spiro atoms. The summed E-state index contributed by atoms with van der Waals surface area (Å²) in [5.41, 5.74) is 2.87. The van der Waals surface area contributed by atoms with Gasteiger partial charge in [0.1, 0.15) is 0 Å². The Labute approximate surface area is 178 Å². The van der Waals surface area contributed by atoms with Gasteiger partial charge in [0.25, 0.3) is 5.91 Å². The van der Waals surface area contributed by atoms with Crippen LogP contribution in [0.25, 0.3) is 0 Å². The number of nitrogens with one attached hydrogen (secondary N) is 1. The van der Waals surface area contributed by atoms with Crippen molar-refractivity contribution >= 4 is 23.2 Å². The minimum atomic E-state index is -0.0657. The monoisotopic (exact) mass is 409 g/mol. The maximum Gasteiger partial charge on any atom is 0.290 e. The molecule has 30 heavy (non-hydrogen) atoms. The first kappa shape index (κ1) is 20.5. The number of carbonyl (C=O) groups is 2. The first-order valence-electron chi connectivity index (χ1n) is 11.0. The molecule has 0 bridgehead atoms. The van der Waals surface area contributed by atoms with E-state index in [0.29, 0.717) is 12.3 Å². The molecule has 4 rings (SSSR count). The summed E-state index contributed by atoms with van der Waals surface area (Å²) in [7, 11) is 4.00. The molecular weight excluding hydrogens is 378 g/mol. The van der Waals surface area contributed by atoms with Crippen molar-refractivity contribution in [2.24, 2.45) is 5.92 Å². The highest BCUT2D eigenvalue weighted by atomic mass is 16.3. The second-order valence-corrected chi connectivity index (χ2v) is 8.70. The minimum absolute atomic E-state index is 0.0657. The number of hydrogen-bond acceptors (Lipinski definition) is 4. The number of rotatable bonds is 7. The van der Waals surface area contributed by atoms with Crippen LogP contribution >= 0.6 is 0 Å². The van der Waals surface area contributed by atoms with Crippen molar-refractivity contribution in [2.75, 3.05) is 24.3 Å². The Morgan fingerprint density at radius 2 is 1.83 bits per heavy atom. The first-order valence-corrected chi connectivity index (χ1v) is 11.0. The molecule has 1 aromatic carbocycles. The number of anilines is 2. The number of hydrogen-bond donors (Lipinski definition) is 1. The fourth-order valence-electron chi connectivity index (χ4n) is 4.30. The highest BCUT2D eigenvalue weighted by molar-refractivity contribution is 5.94. The maximum atomic E-state index is 13.3. The summed E-state index contributed by atoms with van der Waals surface area (Å²) in [6.45, 7) is 0.491. The van der Waals surface area contributed by atoms with Gasteiger partial charge in [0.2, 0.25) is 5.91 Å². The van der Waals surface area contributed by atoms with Crippen molar-refractivity contribution in [1.82, 2.24) is 4.90 Å². The van der Waals surface area contributed by atoms with E-state index >= 15 is 0 Å². The summed E-state index contributed by atoms with van der Waals surface area (Å²) in [6.07, 6.45) is 9.04. The highest BCUT2D eigenvalue weighted by Gasteiger charge is 2.31. The predicted octanol–water partition coefficient (Wildman–Crippen LogP) is 4.67. The van der Waals surface area contributed by atoms with Crippen molar-refractivity contribution in [1.29, 1.82) is 0 Å². The molecule has 0 saturated heterocycles. The summed E-state index contributed by atoms with van der Waals surface area (Å²) in [4.78, 5) is 29.6. The zero-order chi connectivity index (χ0) is 21.1. The van der Waals surface area contributed by atoms with Crippen LogP contribution in [0.1, 0.15) is 61.1 Å². The summed E-state index contributed by atoms with van der Waals surface area (Å²) < 4.78 is 5.43. The zero-order valence-corrected chi connectivity index (χ0v) is 17.9. The van der Waals surface area contributed by atoms with Gasteiger partial charge >= 0.3 is 0 Å². The third kappa shape index (κ3) is 4.69. The summed E-state index contributed by atoms with van der Waals surface area (Å²) in [5.74, 6) is 0.560. The van der Waals surface area contributed by atoms with Gasteiger partial charge in [-0.25, -0.2) is 0 Å². The van der Waals surface area contributed by atoms with Gasteiger partial charge in [-0.15, -0.1) is 0 Å². The normalized spacial score (nSPS) is 16.9. The van der Waals surface area contributed by atoms with Crippen LogP contribution in [-0.4, -0.2) is 36.9 Å². The molecule has 6 heteroatoms. The third-order valence-corrected chi connectivity index (χ3v) is 6.13. The smallest absolute Gasteiger partial charge is 0.290 e. The quantitative estimate of drug-likeness (QED) is 0.722. The lowest BCUT2D eigenvalue weighted by atomic mass is 9.93. The molecule has 1 aromatic heterocycles. The van der Waals surface area contributed by atoms with E-state index in [-0.39, 0.29) is 23.8 Å². The minimum Gasteiger partial charge on any atom is -0.459 e. The highest BCUT2D eigenvalue weighted by Crippen LogP contribution is 2.32. The standard InChI is InChI=1S/C24H31N3O3/c1-26(2)21-13-12-19(25-23(28)17-10-11-17)15-18(21)16-27(20-7-4-3-5-8-20)24(29)22-9-6-14-30-22/h6,9,12-15,17,20H,3-5,7-8,10-11,16H2,1-2H3,(H,25,28). The van der Waals surface area contributed by atoms with Gasteiger partial charge in [-0.05, 0) is 61.6 Å². The fraction of sp³-hybridized carbons (Fsp3) is 0.500. The Hall–Kier alpha value is -2.76. The van der Waals surface area contributed by atoms with E-state index in [1.165, 1.54) is 6.42 Å². The molecule has 2 aliphatic rings. The zero-order valence-electron chi connectivity index (χ0n) is 17.9. The number of carbonyl (C=O) groups excluding carboxylic acids is 2. The largest absolute Gasteiger partial charge is 0.459 e. The number of benzene rings is 1. The summed E-state index contributed by atoms with van der Waals surface area (Å²) in [6, 6.07) is 9.67. The third-order valence-electron chi connectivity index (χ3n) is 6.13. The molecule has 0 aliphatic heterocycles. The number of nitrogens with zero attached hydrogens (tertiary/aromatic N) is 2. The first-order chi connectivity index (χ1) is 14.5. The van der Waals surface area contributed by atoms with Crippen LogP contribution in [0.15, 0.2) is 41.0 Å². The van der Waals surface area contributed by atoms with E-state index in [1.54, 1.807) is 18.4 Å². The lowest BCUT2D eigenvalue weighted by Crippen LogP contribution is -2.41. The second kappa shape index (κ2) is 8.94. The SMILES string of the molecule is CN(C)c1ccc(NC(=O)C2CC2)cc1CN(C(=O)c1ccco1)C1CCCCC1. The Bertz CT molecular complexity index is 881. The molecule has 2 fully saturated rings. The molecule has 0 radical (unpaired) electrons. The lowest BCUT2D eigenvalue weighted by Gasteiger charge is -2.35. The molecule has 160 valence electrons. The molecule has 1 N–H and O–H groups in total. The molecule has 2 saturated carbocycles. The van der Waals surface area contributed by atoms with Crippen LogP contribution in [0, 0.1) is 5.92 Å². The Morgan fingerprint density at radius 1 is 1.07 bits per heavy atom. The summed E-state index contributed by atoms with van der Waals surface area (Å²) in [5, 5.41) is 3.04. The van der Waals surface area contributed by atoms with Crippen LogP contribution in [-0.2, 0) is 11.3 Å². The molecule has 1 heterocycles. The molecule has 0 unspecified atom stereocenters. The van der Waals surface area contributed by atoms with Crippen LogP contribution in [0.4, 0.5) is 11.4 Å².